The summed E-state index contributed by atoms with van der Waals surface area (Å²) in [6.07, 6.45) is 0.174. The molecule has 1 fully saturated rings. The van der Waals surface area contributed by atoms with Crippen molar-refractivity contribution in [2.45, 2.75) is 26.3 Å². The molecule has 0 bridgehead atoms. The van der Waals surface area contributed by atoms with Crippen LogP contribution in [0.3, 0.4) is 0 Å². The molecule has 0 aromatic heterocycles. The van der Waals surface area contributed by atoms with E-state index in [0.29, 0.717) is 5.92 Å². The van der Waals surface area contributed by atoms with Gasteiger partial charge >= 0.3 is 5.97 Å². The normalized spacial score (nSPS) is 24.0. The maximum absolute atomic E-state index is 11.0. The molecule has 0 saturated carbocycles. The van der Waals surface area contributed by atoms with Crippen molar-refractivity contribution in [1.29, 1.82) is 0 Å². The number of carbonyl (C=O) groups is 1. The van der Waals surface area contributed by atoms with Gasteiger partial charge in [-0.3, -0.25) is 4.79 Å². The number of nitrogens with one attached hydrogen (secondary N) is 1. The molecule has 2 rings (SSSR count). The highest BCUT2D eigenvalue weighted by Crippen LogP contribution is 2.22. The van der Waals surface area contributed by atoms with Crippen LogP contribution < -0.4 is 10.2 Å². The van der Waals surface area contributed by atoms with E-state index in [0.717, 1.165) is 25.3 Å². The van der Waals surface area contributed by atoms with Gasteiger partial charge in [-0.2, -0.15) is 0 Å². The zero-order valence-electron chi connectivity index (χ0n) is 11.6. The van der Waals surface area contributed by atoms with Crippen LogP contribution in [0.15, 0.2) is 24.3 Å². The Morgan fingerprint density at radius 1 is 1.37 bits per heavy atom. The van der Waals surface area contributed by atoms with Crippen molar-refractivity contribution < 1.29 is 9.90 Å². The van der Waals surface area contributed by atoms with Crippen LogP contribution in [0.5, 0.6) is 0 Å². The first-order valence-electron chi connectivity index (χ1n) is 6.82. The summed E-state index contributed by atoms with van der Waals surface area (Å²) < 4.78 is 0. The molecule has 1 aliphatic rings. The van der Waals surface area contributed by atoms with Gasteiger partial charge in [0.25, 0.3) is 0 Å². The number of rotatable bonds is 3. The van der Waals surface area contributed by atoms with Crippen molar-refractivity contribution >= 4 is 11.7 Å². The molecule has 1 aliphatic heterocycles. The summed E-state index contributed by atoms with van der Waals surface area (Å²) in [6, 6.07) is 8.35. The first-order valence-corrected chi connectivity index (χ1v) is 6.82. The highest BCUT2D eigenvalue weighted by atomic mass is 16.4. The zero-order valence-corrected chi connectivity index (χ0v) is 11.6. The molecular weight excluding hydrogens is 240 g/mol. The fourth-order valence-corrected chi connectivity index (χ4v) is 2.59. The van der Waals surface area contributed by atoms with Crippen molar-refractivity contribution in [3.8, 4) is 0 Å². The molecule has 1 heterocycles. The molecule has 0 aliphatic carbocycles. The summed E-state index contributed by atoms with van der Waals surface area (Å²) in [7, 11) is 0. The number of hydrogen-bond donors (Lipinski definition) is 2. The molecule has 0 spiro atoms. The van der Waals surface area contributed by atoms with Gasteiger partial charge in [0.1, 0.15) is 0 Å². The molecule has 104 valence electrons. The van der Waals surface area contributed by atoms with Crippen LogP contribution in [0.2, 0.25) is 0 Å². The van der Waals surface area contributed by atoms with E-state index in [-0.39, 0.29) is 12.5 Å². The van der Waals surface area contributed by atoms with E-state index in [1.807, 2.05) is 0 Å². The molecule has 1 aromatic rings. The number of hydrogen-bond acceptors (Lipinski definition) is 3. The van der Waals surface area contributed by atoms with E-state index in [4.69, 9.17) is 5.11 Å². The van der Waals surface area contributed by atoms with Crippen molar-refractivity contribution in [2.75, 3.05) is 24.5 Å². The summed E-state index contributed by atoms with van der Waals surface area (Å²) in [5, 5.41) is 12.4. The Bertz CT molecular complexity index is 430. The summed E-state index contributed by atoms with van der Waals surface area (Å²) in [4.78, 5) is 13.3. The Morgan fingerprint density at radius 3 is 2.68 bits per heavy atom. The third kappa shape index (κ3) is 3.70. The number of carboxylic acids is 1. The van der Waals surface area contributed by atoms with E-state index in [2.05, 4.69) is 48.3 Å². The average molecular weight is 262 g/mol. The van der Waals surface area contributed by atoms with E-state index >= 15 is 0 Å². The molecule has 2 N–H and O–H groups in total. The van der Waals surface area contributed by atoms with E-state index < -0.39 is 5.97 Å². The quantitative estimate of drug-likeness (QED) is 0.873. The average Bonchev–Trinajstić information content (AvgIpc) is 2.52. The summed E-state index contributed by atoms with van der Waals surface area (Å²) >= 11 is 0. The molecule has 0 amide bonds. The van der Waals surface area contributed by atoms with Gasteiger partial charge in [-0.25, -0.2) is 0 Å². The topological polar surface area (TPSA) is 52.6 Å². The van der Waals surface area contributed by atoms with Crippen LogP contribution in [0.1, 0.15) is 18.9 Å². The summed E-state index contributed by atoms with van der Waals surface area (Å²) in [6.45, 7) is 6.82. The number of carboxylic acid groups (broad SMARTS) is 1. The van der Waals surface area contributed by atoms with Crippen LogP contribution >= 0.6 is 0 Å². The highest BCUT2D eigenvalue weighted by Gasteiger charge is 2.26. The lowest BCUT2D eigenvalue weighted by Crippen LogP contribution is -2.41. The number of aliphatic carboxylic acids is 1. The maximum Gasteiger partial charge on any atom is 0.305 e. The van der Waals surface area contributed by atoms with Crippen molar-refractivity contribution in [3.05, 3.63) is 29.8 Å². The van der Waals surface area contributed by atoms with Gasteiger partial charge < -0.3 is 15.3 Å². The first-order chi connectivity index (χ1) is 9.06. The second-order valence-corrected chi connectivity index (χ2v) is 5.50. The Labute approximate surface area is 114 Å². The van der Waals surface area contributed by atoms with Gasteiger partial charge in [-0.05, 0) is 31.5 Å². The summed E-state index contributed by atoms with van der Waals surface area (Å²) in [5.74, 6) is -0.224. The minimum Gasteiger partial charge on any atom is -0.481 e. The van der Waals surface area contributed by atoms with Crippen molar-refractivity contribution in [3.63, 3.8) is 0 Å². The lowest BCUT2D eigenvalue weighted by Gasteiger charge is -2.32. The number of anilines is 1. The SMILES string of the molecule is Cc1ccc(N2CC(C)CNCC2CC(=O)O)cc1. The molecule has 4 nitrogen and oxygen atoms in total. The second-order valence-electron chi connectivity index (χ2n) is 5.50. The van der Waals surface area contributed by atoms with E-state index in [1.165, 1.54) is 5.56 Å². The Hall–Kier alpha value is -1.55. The van der Waals surface area contributed by atoms with Gasteiger partial charge in [-0.1, -0.05) is 24.6 Å². The van der Waals surface area contributed by atoms with Gasteiger partial charge in [-0.15, -0.1) is 0 Å². The van der Waals surface area contributed by atoms with Crippen LogP contribution in [-0.4, -0.2) is 36.8 Å². The smallest absolute Gasteiger partial charge is 0.305 e. The monoisotopic (exact) mass is 262 g/mol. The highest BCUT2D eigenvalue weighted by molar-refractivity contribution is 5.68. The predicted octanol–water partition coefficient (Wildman–Crippen LogP) is 1.88. The molecule has 1 saturated heterocycles. The lowest BCUT2D eigenvalue weighted by atomic mass is 10.1. The Balaban J connectivity index is 2.23. The second kappa shape index (κ2) is 6.06. The van der Waals surface area contributed by atoms with Gasteiger partial charge in [0.05, 0.1) is 12.5 Å². The zero-order chi connectivity index (χ0) is 13.8. The third-order valence-corrected chi connectivity index (χ3v) is 3.60. The predicted molar refractivity (Wildman–Crippen MR) is 76.6 cm³/mol. The van der Waals surface area contributed by atoms with Crippen molar-refractivity contribution in [2.24, 2.45) is 5.92 Å². The van der Waals surface area contributed by atoms with Crippen LogP contribution in [0.4, 0.5) is 5.69 Å². The van der Waals surface area contributed by atoms with Gasteiger partial charge in [0.2, 0.25) is 0 Å². The Morgan fingerprint density at radius 2 is 2.05 bits per heavy atom. The fraction of sp³-hybridized carbons (Fsp3) is 0.533. The van der Waals surface area contributed by atoms with E-state index in [1.54, 1.807) is 0 Å². The maximum atomic E-state index is 11.0. The molecule has 1 aromatic carbocycles. The summed E-state index contributed by atoms with van der Waals surface area (Å²) in [5.41, 5.74) is 2.34. The minimum atomic E-state index is -0.738. The van der Waals surface area contributed by atoms with Crippen LogP contribution in [0, 0.1) is 12.8 Å². The number of aryl methyl sites for hydroxylation is 1. The number of nitrogens with zero attached hydrogens (tertiary/aromatic N) is 1. The fourth-order valence-electron chi connectivity index (χ4n) is 2.59. The first kappa shape index (κ1) is 13.9. The lowest BCUT2D eigenvalue weighted by molar-refractivity contribution is -0.137. The van der Waals surface area contributed by atoms with Crippen LogP contribution in [-0.2, 0) is 4.79 Å². The van der Waals surface area contributed by atoms with Gasteiger partial charge in [0.15, 0.2) is 0 Å². The molecule has 0 radical (unpaired) electrons. The molecule has 4 heteroatoms. The third-order valence-electron chi connectivity index (χ3n) is 3.60. The largest absolute Gasteiger partial charge is 0.481 e. The van der Waals surface area contributed by atoms with Crippen molar-refractivity contribution in [1.82, 2.24) is 5.32 Å². The van der Waals surface area contributed by atoms with Crippen LogP contribution in [0.25, 0.3) is 0 Å². The molecular formula is C15H22N2O2. The number of benzene rings is 1. The van der Waals surface area contributed by atoms with E-state index in [9.17, 15) is 4.79 Å². The minimum absolute atomic E-state index is 0.0187. The Kier molecular flexibility index (Phi) is 4.43. The molecule has 19 heavy (non-hydrogen) atoms. The van der Waals surface area contributed by atoms with Gasteiger partial charge in [0, 0.05) is 18.8 Å². The molecule has 2 atom stereocenters. The standard InChI is InChI=1S/C15H22N2O2/c1-11-3-5-13(6-4-11)17-10-12(2)8-16-9-14(17)7-15(18)19/h3-6,12,14,16H,7-10H2,1-2H3,(H,18,19). The molecule has 2 unspecified atom stereocenters.